The quantitative estimate of drug-likeness (QED) is 0.550. The molecule has 0 aliphatic carbocycles. The van der Waals surface area contributed by atoms with Crippen LogP contribution in [-0.4, -0.2) is 23.3 Å². The van der Waals surface area contributed by atoms with E-state index in [-0.39, 0.29) is 5.91 Å². The van der Waals surface area contributed by atoms with Gasteiger partial charge in [0.1, 0.15) is 0 Å². The number of rotatable bonds is 7. The zero-order valence-corrected chi connectivity index (χ0v) is 18.8. The molecule has 1 aliphatic heterocycles. The Morgan fingerprint density at radius 2 is 1.71 bits per heavy atom. The van der Waals surface area contributed by atoms with Crippen LogP contribution in [0.1, 0.15) is 54.7 Å². The van der Waals surface area contributed by atoms with E-state index in [2.05, 4.69) is 53.7 Å². The molecule has 1 saturated heterocycles. The second-order valence-electron chi connectivity index (χ2n) is 8.05. The average molecular weight is 438 g/mol. The minimum Gasteiger partial charge on any atom is -0.284 e. The lowest BCUT2D eigenvalue weighted by atomic mass is 10.00. The minimum atomic E-state index is -0.196. The van der Waals surface area contributed by atoms with Crippen LogP contribution in [-0.2, 0) is 11.5 Å². The van der Waals surface area contributed by atoms with Crippen LogP contribution in [0.25, 0.3) is 0 Å². The smallest absolute Gasteiger partial charge is 0.284 e. The first kappa shape index (κ1) is 21.4. The van der Waals surface area contributed by atoms with Crippen molar-refractivity contribution in [1.82, 2.24) is 5.27 Å². The molecule has 6 nitrogen and oxygen atoms in total. The molecule has 1 amide bonds. The Morgan fingerprint density at radius 3 is 2.39 bits per heavy atom. The lowest BCUT2D eigenvalue weighted by molar-refractivity contribution is -0.771. The van der Waals surface area contributed by atoms with Gasteiger partial charge in [0, 0.05) is 11.3 Å². The first-order valence-electron chi connectivity index (χ1n) is 10.8. The highest BCUT2D eigenvalue weighted by atomic mass is 32.2. The molecule has 0 spiro atoms. The second kappa shape index (κ2) is 10.0. The van der Waals surface area contributed by atoms with Crippen LogP contribution in [0.15, 0.2) is 65.2 Å². The van der Waals surface area contributed by atoms with Crippen LogP contribution >= 0.6 is 11.8 Å². The first-order chi connectivity index (χ1) is 15.1. The summed E-state index contributed by atoms with van der Waals surface area (Å²) in [6.07, 6.45) is 3.45. The fraction of sp³-hybridized carbons (Fsp3) is 0.375. The van der Waals surface area contributed by atoms with E-state index >= 15 is 0 Å². The molecule has 162 valence electrons. The van der Waals surface area contributed by atoms with Crippen molar-refractivity contribution in [3.63, 3.8) is 0 Å². The number of nitrogens with zero attached hydrogens (tertiary/aromatic N) is 3. The summed E-state index contributed by atoms with van der Waals surface area (Å²) in [6.45, 7) is 4.45. The van der Waals surface area contributed by atoms with E-state index in [1.165, 1.54) is 12.0 Å². The Kier molecular flexibility index (Phi) is 6.92. The van der Waals surface area contributed by atoms with Gasteiger partial charge in [0.2, 0.25) is 5.27 Å². The molecule has 2 atom stereocenters. The second-order valence-corrected chi connectivity index (χ2v) is 9.03. The van der Waals surface area contributed by atoms with E-state index in [0.717, 1.165) is 24.3 Å². The van der Waals surface area contributed by atoms with Gasteiger partial charge in [-0.3, -0.25) is 14.6 Å². The third-order valence-electron chi connectivity index (χ3n) is 5.69. The van der Waals surface area contributed by atoms with E-state index in [4.69, 9.17) is 4.52 Å². The highest BCUT2D eigenvalue weighted by molar-refractivity contribution is 7.97. The van der Waals surface area contributed by atoms with Gasteiger partial charge in [-0.25, -0.2) is 0 Å². The van der Waals surface area contributed by atoms with Crippen molar-refractivity contribution in [3.05, 3.63) is 77.5 Å². The number of amides is 1. The molecule has 2 heterocycles. The molecule has 1 fully saturated rings. The van der Waals surface area contributed by atoms with Gasteiger partial charge in [0.15, 0.2) is 0 Å². The van der Waals surface area contributed by atoms with Gasteiger partial charge in [-0.05, 0) is 50.8 Å². The van der Waals surface area contributed by atoms with E-state index in [0.29, 0.717) is 29.3 Å². The third-order valence-corrected chi connectivity index (χ3v) is 6.71. The topological polar surface area (TPSA) is 62.3 Å². The molecule has 0 saturated carbocycles. The Hall–Kier alpha value is -2.80. The molecule has 31 heavy (non-hydrogen) atoms. The number of carbonyl (C=O) groups excluding carboxylic acids is 1. The molecule has 4 rings (SSSR count). The maximum atomic E-state index is 12.7. The van der Waals surface area contributed by atoms with Crippen molar-refractivity contribution in [3.8, 4) is 0 Å². The maximum absolute atomic E-state index is 12.7. The molecule has 7 heteroatoms. The maximum Gasteiger partial charge on any atom is 0.318 e. The van der Waals surface area contributed by atoms with E-state index in [9.17, 15) is 4.79 Å². The lowest BCUT2D eigenvalue weighted by Gasteiger charge is -2.32. The lowest BCUT2D eigenvalue weighted by Crippen LogP contribution is -2.69. The number of thioether (sulfide) groups is 1. The Labute approximate surface area is 187 Å². The van der Waals surface area contributed by atoms with Crippen molar-refractivity contribution in [2.45, 2.75) is 56.7 Å². The Bertz CT molecular complexity index is 983. The standard InChI is InChI=1S/C24H28N4O2S/c1-18-10-9-11-19(2)27(18)28-22(17-31-16-20-12-5-3-6-13-20)24(30-26-28)25-23(29)21-14-7-4-8-15-21/h3-8,12-15,18-19H,9-11,16-17H2,1-2H3/p+1. The van der Waals surface area contributed by atoms with Crippen LogP contribution in [0.2, 0.25) is 0 Å². The molecule has 1 aliphatic rings. The van der Waals surface area contributed by atoms with Crippen LogP contribution < -0.4 is 15.1 Å². The number of nitrogens with one attached hydrogen (secondary N) is 1. The van der Waals surface area contributed by atoms with Crippen molar-refractivity contribution in [2.24, 2.45) is 0 Å². The van der Waals surface area contributed by atoms with Crippen molar-refractivity contribution >= 4 is 23.6 Å². The largest absolute Gasteiger partial charge is 0.318 e. The molecular formula is C24H29N4O2S+. The highest BCUT2D eigenvalue weighted by Gasteiger charge is 2.38. The van der Waals surface area contributed by atoms with Gasteiger partial charge in [0.25, 0.3) is 5.91 Å². The van der Waals surface area contributed by atoms with E-state index in [1.807, 2.05) is 29.1 Å². The predicted octanol–water partition coefficient (Wildman–Crippen LogP) is 4.55. The number of aromatic nitrogens is 2. The van der Waals surface area contributed by atoms with Crippen molar-refractivity contribution < 1.29 is 14.1 Å². The van der Waals surface area contributed by atoms with E-state index < -0.39 is 0 Å². The highest BCUT2D eigenvalue weighted by Crippen LogP contribution is 2.24. The summed E-state index contributed by atoms with van der Waals surface area (Å²) in [5.74, 6) is 1.78. The van der Waals surface area contributed by atoms with Gasteiger partial charge in [0.05, 0.1) is 22.6 Å². The molecule has 3 aromatic rings. The van der Waals surface area contributed by atoms with Gasteiger partial charge >= 0.3 is 11.6 Å². The van der Waals surface area contributed by atoms with Crippen molar-refractivity contribution in [1.29, 1.82) is 0 Å². The molecule has 2 unspecified atom stereocenters. The summed E-state index contributed by atoms with van der Waals surface area (Å²) in [6, 6.07) is 20.3. The molecular weight excluding hydrogens is 408 g/mol. The number of anilines is 1. The van der Waals surface area contributed by atoms with E-state index in [1.54, 1.807) is 23.9 Å². The van der Waals surface area contributed by atoms with Crippen LogP contribution in [0, 0.1) is 0 Å². The number of hydrogen-bond acceptors (Lipinski definition) is 5. The van der Waals surface area contributed by atoms with Crippen molar-refractivity contribution in [2.75, 3.05) is 10.3 Å². The SMILES string of the molecule is CC1CCCC(C)N1[n+]1noc(NC(=O)c2ccccc2)c1CSCc1ccccc1. The average Bonchev–Trinajstić information content (AvgIpc) is 3.17. The Balaban J connectivity index is 1.58. The van der Waals surface area contributed by atoms with Gasteiger partial charge in [-0.1, -0.05) is 48.5 Å². The zero-order valence-electron chi connectivity index (χ0n) is 18.0. The summed E-state index contributed by atoms with van der Waals surface area (Å²) in [7, 11) is 0. The number of benzene rings is 2. The fourth-order valence-electron chi connectivity index (χ4n) is 4.06. The van der Waals surface area contributed by atoms with Gasteiger partial charge < -0.3 is 0 Å². The number of piperidine rings is 1. The normalized spacial score (nSPS) is 18.7. The minimum absolute atomic E-state index is 0.196. The first-order valence-corrected chi connectivity index (χ1v) is 12.0. The Morgan fingerprint density at radius 1 is 1.06 bits per heavy atom. The zero-order chi connectivity index (χ0) is 21.6. The summed E-state index contributed by atoms with van der Waals surface area (Å²) < 4.78 is 5.67. The summed E-state index contributed by atoms with van der Waals surface area (Å²) in [5.41, 5.74) is 2.74. The molecule has 1 N–H and O–H groups in total. The third kappa shape index (κ3) is 5.10. The van der Waals surface area contributed by atoms with Crippen LogP contribution in [0.3, 0.4) is 0 Å². The monoisotopic (exact) mass is 437 g/mol. The van der Waals surface area contributed by atoms with Crippen LogP contribution in [0.4, 0.5) is 5.88 Å². The predicted molar refractivity (Wildman–Crippen MR) is 124 cm³/mol. The summed E-state index contributed by atoms with van der Waals surface area (Å²) in [4.78, 5) is 14.6. The van der Waals surface area contributed by atoms with Crippen LogP contribution in [0.5, 0.6) is 0 Å². The molecule has 0 radical (unpaired) electrons. The molecule has 2 aromatic carbocycles. The molecule has 1 aromatic heterocycles. The summed E-state index contributed by atoms with van der Waals surface area (Å²) >= 11 is 1.78. The molecule has 0 bridgehead atoms. The number of carbonyl (C=O) groups is 1. The summed E-state index contributed by atoms with van der Waals surface area (Å²) in [5, 5.41) is 9.57. The van der Waals surface area contributed by atoms with Gasteiger partial charge in [-0.15, -0.1) is 16.8 Å². The number of hydrogen-bond donors (Lipinski definition) is 1. The fourth-order valence-corrected chi connectivity index (χ4v) is 5.03. The van der Waals surface area contributed by atoms with Gasteiger partial charge in [-0.2, -0.15) is 0 Å².